The molecule has 4 saturated carbocycles. The molecule has 10 heteroatoms. The molecule has 2 heterocycles. The summed E-state index contributed by atoms with van der Waals surface area (Å²) in [4.78, 5) is 16.2. The lowest BCUT2D eigenvalue weighted by Crippen LogP contribution is -2.51. The summed E-state index contributed by atoms with van der Waals surface area (Å²) >= 11 is 0. The van der Waals surface area contributed by atoms with E-state index < -0.39 is 0 Å². The van der Waals surface area contributed by atoms with Gasteiger partial charge >= 0.3 is 5.97 Å². The number of esters is 1. The molecule has 10 rings (SSSR count). The van der Waals surface area contributed by atoms with Crippen molar-refractivity contribution in [1.82, 2.24) is 30.2 Å². The normalized spacial score (nSPS) is 35.1. The van der Waals surface area contributed by atoms with Gasteiger partial charge in [-0.2, -0.15) is 5.21 Å². The van der Waals surface area contributed by atoms with E-state index in [0.29, 0.717) is 70.4 Å². The Kier molecular flexibility index (Phi) is 26.1. The van der Waals surface area contributed by atoms with E-state index in [1.807, 2.05) is 37.3 Å². The number of imidazole rings is 1. The Bertz CT molecular complexity index is 2660. The first-order valence-corrected chi connectivity index (χ1v) is 36.4. The molecule has 16 atom stereocenters. The van der Waals surface area contributed by atoms with Crippen molar-refractivity contribution in [3.05, 3.63) is 71.1 Å². The number of fused-ring (bicyclic) bond motifs is 4. The molecule has 0 aromatic carbocycles. The van der Waals surface area contributed by atoms with Crippen molar-refractivity contribution >= 4 is 5.97 Å². The molecule has 2 aromatic heterocycles. The lowest BCUT2D eigenvalue weighted by atomic mass is 9.47. The van der Waals surface area contributed by atoms with Crippen molar-refractivity contribution in [2.75, 3.05) is 13.7 Å². The number of nitrogens with zero attached hydrogens (tertiary/aromatic N) is 5. The molecule has 2 aromatic rings. The number of hydrogen-bond acceptors (Lipinski definition) is 8. The van der Waals surface area contributed by atoms with E-state index in [0.717, 1.165) is 115 Å². The first kappa shape index (κ1) is 75.7. The number of methoxy groups -OCH3 is 1. The number of carbonyl (C=O) groups is 1. The molecule has 4 fully saturated rings. The summed E-state index contributed by atoms with van der Waals surface area (Å²) in [5.41, 5.74) is 8.58. The summed E-state index contributed by atoms with van der Waals surface area (Å²) in [7, 11) is 1.87. The Labute approximate surface area is 552 Å². The van der Waals surface area contributed by atoms with E-state index in [1.165, 1.54) is 69.8 Å². The zero-order chi connectivity index (χ0) is 65.8. The summed E-state index contributed by atoms with van der Waals surface area (Å²) in [5.74, 6) is 12.2. The quantitative estimate of drug-likeness (QED) is 0.156. The third kappa shape index (κ3) is 16.6. The van der Waals surface area contributed by atoms with E-state index in [9.17, 15) is 4.79 Å². The molecule has 8 unspecified atom stereocenters. The number of hydrogen-bond donors (Lipinski definition) is 1. The van der Waals surface area contributed by atoms with Crippen LogP contribution in [0.1, 0.15) is 281 Å². The maximum Gasteiger partial charge on any atom is 0.309 e. The van der Waals surface area contributed by atoms with Crippen LogP contribution in [0.25, 0.3) is 0 Å². The van der Waals surface area contributed by atoms with Gasteiger partial charge in [0.2, 0.25) is 0 Å². The third-order valence-electron chi connectivity index (χ3n) is 25.4. The molecule has 0 radical (unpaired) electrons. The Morgan fingerprint density at radius 3 is 1.50 bits per heavy atom. The Morgan fingerprint density at radius 1 is 0.600 bits per heavy atom. The molecule has 0 saturated heterocycles. The lowest BCUT2D eigenvalue weighted by molar-refractivity contribution is -0.149. The summed E-state index contributed by atoms with van der Waals surface area (Å²) in [5, 5.41) is 14.8. The van der Waals surface area contributed by atoms with E-state index >= 15 is 0 Å². The topological polar surface area (TPSA) is 117 Å². The molecule has 8 aliphatic rings. The van der Waals surface area contributed by atoms with Gasteiger partial charge in [-0.15, -0.1) is 10.2 Å². The fraction of sp³-hybridized carbons (Fsp3) is 0.838. The average Bonchev–Trinajstić information content (AvgIpc) is 0.817. The highest BCUT2D eigenvalue weighted by Crippen LogP contribution is 2.63. The number of ether oxygens (including phenoxy) is 3. The van der Waals surface area contributed by atoms with Gasteiger partial charge < -0.3 is 18.8 Å². The van der Waals surface area contributed by atoms with Crippen molar-refractivity contribution in [3.8, 4) is 0 Å². The van der Waals surface area contributed by atoms with Crippen LogP contribution in [0.5, 0.6) is 0 Å². The molecular formula is C80H138N6O4. The van der Waals surface area contributed by atoms with Gasteiger partial charge in [-0.1, -0.05) is 212 Å². The van der Waals surface area contributed by atoms with Crippen LogP contribution in [-0.4, -0.2) is 62.1 Å². The predicted octanol–water partition coefficient (Wildman–Crippen LogP) is 21.4. The highest BCUT2D eigenvalue weighted by Gasteiger charge is 2.55. The summed E-state index contributed by atoms with van der Waals surface area (Å²) in [6.45, 7) is 56.5. The van der Waals surface area contributed by atoms with Gasteiger partial charge in [-0.3, -0.25) is 4.79 Å². The Balaban J connectivity index is 0.000000191. The number of allylic oxidation sites excluding steroid dienone is 6. The van der Waals surface area contributed by atoms with Crippen molar-refractivity contribution in [2.24, 2.45) is 121 Å². The average molecular weight is 1250 g/mol. The van der Waals surface area contributed by atoms with Crippen LogP contribution >= 0.6 is 0 Å². The molecule has 0 spiro atoms. The summed E-state index contributed by atoms with van der Waals surface area (Å²) in [6.07, 6.45) is 35.3. The second kappa shape index (κ2) is 31.0. The molecule has 8 aliphatic carbocycles. The van der Waals surface area contributed by atoms with E-state index in [-0.39, 0.29) is 24.7 Å². The number of carbonyl (C=O) groups excluding carboxylic acids is 1. The molecular weight excluding hydrogens is 1110 g/mol. The fourth-order valence-electron chi connectivity index (χ4n) is 21.3. The van der Waals surface area contributed by atoms with Crippen LogP contribution < -0.4 is 0 Å². The predicted molar refractivity (Wildman–Crippen MR) is 376 cm³/mol. The number of aromatic amines is 1. The Hall–Kier alpha value is -3.37. The van der Waals surface area contributed by atoms with Gasteiger partial charge in [-0.25, -0.2) is 4.98 Å². The van der Waals surface area contributed by atoms with Crippen LogP contribution in [-0.2, 0) is 25.7 Å². The third-order valence-corrected chi connectivity index (χ3v) is 25.4. The summed E-state index contributed by atoms with van der Waals surface area (Å²) < 4.78 is 19.1. The largest absolute Gasteiger partial charge is 0.466 e. The van der Waals surface area contributed by atoms with Gasteiger partial charge in [0.1, 0.15) is 6.73 Å². The molecule has 90 heavy (non-hydrogen) atoms. The minimum absolute atomic E-state index is 0. The lowest BCUT2D eigenvalue weighted by Gasteiger charge is -2.58. The molecule has 512 valence electrons. The zero-order valence-corrected chi connectivity index (χ0v) is 61.5. The maximum absolute atomic E-state index is 12.1. The molecule has 0 bridgehead atoms. The van der Waals surface area contributed by atoms with E-state index in [1.54, 1.807) is 16.7 Å². The number of tetrazole rings is 1. The van der Waals surface area contributed by atoms with E-state index in [4.69, 9.17) is 14.2 Å². The first-order valence-electron chi connectivity index (χ1n) is 36.4. The minimum atomic E-state index is 0. The molecule has 10 nitrogen and oxygen atoms in total. The number of rotatable bonds is 13. The van der Waals surface area contributed by atoms with Gasteiger partial charge in [-0.05, 0) is 225 Å². The molecule has 0 aliphatic heterocycles. The monoisotopic (exact) mass is 1250 g/mol. The second-order valence-corrected chi connectivity index (χ2v) is 35.1. The van der Waals surface area contributed by atoms with Gasteiger partial charge in [0.05, 0.1) is 31.1 Å². The molecule has 1 N–H and O–H groups in total. The standard InChI is InChI=1S/C23H38N2O.C20H34O2.C18H30N4.C18H32O.CH4/c1-21(2,3)19-9-8-17-14-18(26-16-25-13-12-24-15-25)10-11-23(17,7)20(19)22(4,5)6;1-7-22-19(21)15-10-11-20(6)16(12-15)8-9-17(13(2)3)18(20)14(4)5;1-11(2)15-7-6-14-10-13(17-19-21-22-20-17)8-9-18(14,5)16(15)12(3)4;1-12(2)16-8-7-14-11-15(19-6)9-10-18(14,5)17(16)13(3)4;/h8,12-13,15,18-20H,9-11,14,16H2,1-7H3;8,13-15,17-18H,7,9-12H2,1-6H3;6,11-13,15-16H,7-10H2,1-5H3,(H,19,20,21,22);7,12-13,15-17H,8-11H2,1-6H3;1H4/t18-,19?,20?,23-;15-,17?,18?,20-;13-,15?,16?,18-;15-,16?,17?,18-;/m0000./s1. The Morgan fingerprint density at radius 2 is 1.06 bits per heavy atom. The van der Waals surface area contributed by atoms with Gasteiger partial charge in [0, 0.05) is 25.4 Å². The number of H-pyrrole nitrogens is 1. The zero-order valence-electron chi connectivity index (χ0n) is 61.5. The second-order valence-electron chi connectivity index (χ2n) is 35.1. The van der Waals surface area contributed by atoms with Crippen LogP contribution in [0.15, 0.2) is 65.3 Å². The van der Waals surface area contributed by atoms with Crippen LogP contribution in [0.2, 0.25) is 0 Å². The number of aromatic nitrogens is 6. The van der Waals surface area contributed by atoms with Crippen molar-refractivity contribution < 1.29 is 19.0 Å². The highest BCUT2D eigenvalue weighted by molar-refractivity contribution is 5.73. The van der Waals surface area contributed by atoms with Crippen LogP contribution in [0.4, 0.5) is 0 Å². The van der Waals surface area contributed by atoms with Gasteiger partial charge in [0.25, 0.3) is 0 Å². The summed E-state index contributed by atoms with van der Waals surface area (Å²) in [6, 6.07) is 0. The minimum Gasteiger partial charge on any atom is -0.466 e. The number of nitrogens with one attached hydrogen (secondary N) is 1. The van der Waals surface area contributed by atoms with Crippen molar-refractivity contribution in [2.45, 2.75) is 294 Å². The van der Waals surface area contributed by atoms with Crippen molar-refractivity contribution in [3.63, 3.8) is 0 Å². The highest BCUT2D eigenvalue weighted by atomic mass is 16.5. The first-order chi connectivity index (χ1) is 41.7. The smallest absolute Gasteiger partial charge is 0.309 e. The molecule has 0 amide bonds. The fourth-order valence-corrected chi connectivity index (χ4v) is 21.3. The van der Waals surface area contributed by atoms with Crippen molar-refractivity contribution in [1.29, 1.82) is 0 Å². The maximum atomic E-state index is 12.1. The van der Waals surface area contributed by atoms with Crippen LogP contribution in [0, 0.1) is 121 Å². The SMILES string of the molecule is C.CC(C)(C)C1CC=C2C[C@@H](OCn3ccnc3)CC[C@]2(C)C1C(C)(C)C.CC(C)C1CC=C2C[C@@H](c3nn[nH]n3)CC[C@]2(C)C1C(C)C.CCOC(=O)[C@H]1CC[C@@]2(C)C(=CCC(C(C)C)C2C(C)C)C1.CO[C@H]1CC[C@@]2(C)C(=CCC(C(C)C)C2C(C)C)C1. The van der Waals surface area contributed by atoms with Gasteiger partial charge in [0.15, 0.2) is 5.82 Å². The van der Waals surface area contributed by atoms with Crippen LogP contribution in [0.3, 0.4) is 0 Å². The van der Waals surface area contributed by atoms with E-state index in [2.05, 4.69) is 202 Å².